The maximum absolute atomic E-state index is 13.1. The summed E-state index contributed by atoms with van der Waals surface area (Å²) in [7, 11) is 0. The largest absolute Gasteiger partial charge is 0.490 e. The number of nitrogens with one attached hydrogen (secondary N) is 2. The van der Waals surface area contributed by atoms with Crippen LogP contribution >= 0.6 is 11.6 Å². The molecule has 5 aromatic rings. The average molecular weight is 932 g/mol. The van der Waals surface area contributed by atoms with Gasteiger partial charge in [-0.05, 0) is 107 Å². The van der Waals surface area contributed by atoms with Gasteiger partial charge in [-0.15, -0.1) is 0 Å². The number of hydrogen-bond donors (Lipinski definition) is 3. The molecule has 67 heavy (non-hydrogen) atoms. The number of aliphatic hydroxyl groups excluding tert-OH is 1. The number of halogens is 1. The van der Waals surface area contributed by atoms with Crippen LogP contribution in [-0.4, -0.2) is 116 Å². The fourth-order valence-electron chi connectivity index (χ4n) is 10.2. The molecule has 1 atom stereocenters. The number of nitrogens with zero attached hydrogens (tertiary/aromatic N) is 10. The highest BCUT2D eigenvalue weighted by Crippen LogP contribution is 2.31. The number of hydrogen-bond acceptors (Lipinski definition) is 14. The number of carbonyl (C=O) groups excluding carboxylic acids is 1. The van der Waals surface area contributed by atoms with E-state index in [0.717, 1.165) is 145 Å². The van der Waals surface area contributed by atoms with E-state index in [4.69, 9.17) is 36.3 Å². The maximum Gasteiger partial charge on any atom is 0.254 e. The molecule has 4 fully saturated rings. The van der Waals surface area contributed by atoms with E-state index in [1.54, 1.807) is 30.6 Å². The lowest BCUT2D eigenvalue weighted by atomic mass is 9.92. The predicted molar refractivity (Wildman–Crippen MR) is 258 cm³/mol. The summed E-state index contributed by atoms with van der Waals surface area (Å²) in [4.78, 5) is 39.2. The van der Waals surface area contributed by atoms with Crippen molar-refractivity contribution in [3.63, 3.8) is 0 Å². The molecule has 0 radical (unpaired) electrons. The zero-order valence-electron chi connectivity index (χ0n) is 38.5. The van der Waals surface area contributed by atoms with Crippen molar-refractivity contribution < 1.29 is 19.4 Å². The standard InChI is InChI=1S/C50H63ClN12O4/c1-2-36-32-57-63-45(26-46(59-48(36)63)62-19-4-3-5-40(62)18-24-64)53-28-35-6-13-47(54-29-35)67-42-16-20-60(21-17-42)33-34-14-22-61(23-15-34)50-55-30-38(31-56-50)49(65)58-39-8-11-41(12-9-39)66-43-10-7-37(27-52)44(51)25-43/h6-7,10,13,25-26,29-32,34,39-42,53,64H,2-5,8-9,11-12,14-24,28,33H2,1H3,(H,58,65)/t39-,40-,41-/m0/s1. The molecule has 3 aliphatic heterocycles. The number of nitriles is 1. The van der Waals surface area contributed by atoms with Crippen LogP contribution < -0.4 is 29.9 Å². The molecule has 1 amide bonds. The Labute approximate surface area is 398 Å². The first-order valence-corrected chi connectivity index (χ1v) is 24.8. The molecule has 16 nitrogen and oxygen atoms in total. The molecule has 4 aliphatic rings. The van der Waals surface area contributed by atoms with Gasteiger partial charge in [-0.3, -0.25) is 4.79 Å². The van der Waals surface area contributed by atoms with Gasteiger partial charge in [-0.25, -0.2) is 19.9 Å². The Kier molecular flexibility index (Phi) is 15.2. The predicted octanol–water partition coefficient (Wildman–Crippen LogP) is 7.23. The van der Waals surface area contributed by atoms with Gasteiger partial charge in [0.05, 0.1) is 28.5 Å². The SMILES string of the molecule is CCc1cnn2c(NCc3ccc(OC4CCN(CC5CCN(c6ncc(C(=O)N[C@H]7CC[C@H](Oc8ccc(C#N)c(Cl)c8)CC7)cn6)CC5)CC4)nc3)cc(N3CCCC[C@H]3CCO)nc12. The van der Waals surface area contributed by atoms with Crippen LogP contribution in [0.2, 0.25) is 5.02 Å². The number of ether oxygens (including phenoxy) is 2. The van der Waals surface area contributed by atoms with E-state index in [-0.39, 0.29) is 36.8 Å². The van der Waals surface area contributed by atoms with Crippen LogP contribution in [-0.2, 0) is 13.0 Å². The normalized spacial score (nSPS) is 21.0. The van der Waals surface area contributed by atoms with Gasteiger partial charge in [0.25, 0.3) is 5.91 Å². The number of amides is 1. The van der Waals surface area contributed by atoms with Crippen LogP contribution in [0.25, 0.3) is 5.65 Å². The number of pyridine rings is 1. The highest BCUT2D eigenvalue weighted by molar-refractivity contribution is 6.31. The second-order valence-electron chi connectivity index (χ2n) is 18.6. The van der Waals surface area contributed by atoms with Crippen molar-refractivity contribution in [1.82, 2.24) is 39.8 Å². The monoisotopic (exact) mass is 930 g/mol. The molecular formula is C50H63ClN12O4. The molecule has 1 saturated carbocycles. The molecular weight excluding hydrogens is 868 g/mol. The molecule has 0 bridgehead atoms. The third kappa shape index (κ3) is 11.5. The third-order valence-corrected chi connectivity index (χ3v) is 14.4. The fraction of sp³-hybridized carbons (Fsp3) is 0.540. The molecule has 7 heterocycles. The van der Waals surface area contributed by atoms with Crippen molar-refractivity contribution in [2.24, 2.45) is 5.92 Å². The van der Waals surface area contributed by atoms with E-state index in [9.17, 15) is 9.90 Å². The Morgan fingerprint density at radius 2 is 1.67 bits per heavy atom. The van der Waals surface area contributed by atoms with Crippen molar-refractivity contribution in [2.45, 2.75) is 121 Å². The summed E-state index contributed by atoms with van der Waals surface area (Å²) in [5, 5.41) is 30.7. The lowest BCUT2D eigenvalue weighted by molar-refractivity contribution is 0.0850. The third-order valence-electron chi connectivity index (χ3n) is 14.1. The Hall–Kier alpha value is -5.76. The molecule has 17 heteroatoms. The van der Waals surface area contributed by atoms with Crippen LogP contribution in [0.15, 0.2) is 61.2 Å². The number of aliphatic hydroxyl groups is 1. The Bertz CT molecular complexity index is 2460. The van der Waals surface area contributed by atoms with Crippen LogP contribution in [0, 0.1) is 17.2 Å². The van der Waals surface area contributed by atoms with Crippen LogP contribution in [0.3, 0.4) is 0 Å². The minimum atomic E-state index is -0.152. The van der Waals surface area contributed by atoms with Crippen molar-refractivity contribution in [3.05, 3.63) is 88.5 Å². The summed E-state index contributed by atoms with van der Waals surface area (Å²) < 4.78 is 14.4. The average Bonchev–Trinajstić information content (AvgIpc) is 3.79. The van der Waals surface area contributed by atoms with Gasteiger partial charge in [0.2, 0.25) is 11.8 Å². The first-order valence-electron chi connectivity index (χ1n) is 24.4. The second-order valence-corrected chi connectivity index (χ2v) is 19.0. The van der Waals surface area contributed by atoms with Crippen molar-refractivity contribution in [3.8, 4) is 17.7 Å². The van der Waals surface area contributed by atoms with Crippen molar-refractivity contribution in [2.75, 3.05) is 61.0 Å². The van der Waals surface area contributed by atoms with Gasteiger partial charge in [-0.1, -0.05) is 24.6 Å². The summed E-state index contributed by atoms with van der Waals surface area (Å²) in [6, 6.07) is 13.7. The maximum atomic E-state index is 13.1. The number of carbonyl (C=O) groups is 1. The minimum absolute atomic E-state index is 0.0382. The number of likely N-dealkylation sites (tertiary alicyclic amines) is 1. The summed E-state index contributed by atoms with van der Waals surface area (Å²) in [5.41, 5.74) is 3.94. The van der Waals surface area contributed by atoms with Gasteiger partial charge < -0.3 is 39.9 Å². The number of rotatable bonds is 16. The first-order chi connectivity index (χ1) is 32.8. The minimum Gasteiger partial charge on any atom is -0.490 e. The number of fused-ring (bicyclic) bond motifs is 1. The fourth-order valence-corrected chi connectivity index (χ4v) is 10.4. The van der Waals surface area contributed by atoms with Crippen LogP contribution in [0.1, 0.15) is 111 Å². The highest BCUT2D eigenvalue weighted by atomic mass is 35.5. The van der Waals surface area contributed by atoms with Crippen molar-refractivity contribution in [1.29, 1.82) is 5.26 Å². The summed E-state index contributed by atoms with van der Waals surface area (Å²) >= 11 is 6.17. The lowest BCUT2D eigenvalue weighted by Crippen LogP contribution is -2.43. The lowest BCUT2D eigenvalue weighted by Gasteiger charge is -2.37. The molecule has 0 unspecified atom stereocenters. The zero-order valence-corrected chi connectivity index (χ0v) is 39.3. The summed E-state index contributed by atoms with van der Waals surface area (Å²) in [6.07, 6.45) is 19.6. The summed E-state index contributed by atoms with van der Waals surface area (Å²) in [5.74, 6) is 4.29. The Morgan fingerprint density at radius 3 is 2.39 bits per heavy atom. The highest BCUT2D eigenvalue weighted by Gasteiger charge is 2.29. The summed E-state index contributed by atoms with van der Waals surface area (Å²) in [6.45, 7) is 8.74. The van der Waals surface area contributed by atoms with E-state index in [1.807, 2.05) is 23.0 Å². The van der Waals surface area contributed by atoms with E-state index in [1.165, 1.54) is 6.42 Å². The Balaban J connectivity index is 0.677. The van der Waals surface area contributed by atoms with E-state index in [0.29, 0.717) is 46.2 Å². The number of anilines is 3. The van der Waals surface area contributed by atoms with E-state index in [2.05, 4.69) is 65.5 Å². The van der Waals surface area contributed by atoms with Gasteiger partial charge in [0.1, 0.15) is 29.6 Å². The zero-order chi connectivity index (χ0) is 46.1. The first kappa shape index (κ1) is 46.4. The molecule has 1 aromatic carbocycles. The molecule has 354 valence electrons. The van der Waals surface area contributed by atoms with E-state index < -0.39 is 0 Å². The molecule has 3 saturated heterocycles. The smallest absolute Gasteiger partial charge is 0.254 e. The van der Waals surface area contributed by atoms with Crippen LogP contribution in [0.4, 0.5) is 17.6 Å². The topological polar surface area (TPSA) is 182 Å². The van der Waals surface area contributed by atoms with Crippen molar-refractivity contribution >= 4 is 40.7 Å². The number of benzene rings is 1. The second kappa shape index (κ2) is 21.9. The van der Waals surface area contributed by atoms with Crippen LogP contribution in [0.5, 0.6) is 11.6 Å². The van der Waals surface area contributed by atoms with E-state index >= 15 is 0 Å². The number of aryl methyl sites for hydroxylation is 1. The Morgan fingerprint density at radius 1 is 0.881 bits per heavy atom. The quantitative estimate of drug-likeness (QED) is 0.0901. The van der Waals surface area contributed by atoms with Gasteiger partial charge in [-0.2, -0.15) is 14.9 Å². The molecule has 0 spiro atoms. The number of piperidine rings is 3. The molecule has 9 rings (SSSR count). The van der Waals surface area contributed by atoms with Gasteiger partial charge in [0.15, 0.2) is 5.65 Å². The van der Waals surface area contributed by atoms with Gasteiger partial charge in [0, 0.05) is 107 Å². The molecule has 1 aliphatic carbocycles. The number of aromatic nitrogens is 6. The molecule has 4 aromatic heterocycles. The molecule has 3 N–H and O–H groups in total. The van der Waals surface area contributed by atoms with Gasteiger partial charge >= 0.3 is 0 Å².